The second kappa shape index (κ2) is 13.3. The summed E-state index contributed by atoms with van der Waals surface area (Å²) in [6.07, 6.45) is 4.39. The third-order valence-electron chi connectivity index (χ3n) is 11.5. The summed E-state index contributed by atoms with van der Waals surface area (Å²) in [5.41, 5.74) is 3.63. The Labute approximate surface area is 282 Å². The van der Waals surface area contributed by atoms with E-state index < -0.39 is 0 Å². The van der Waals surface area contributed by atoms with Crippen molar-refractivity contribution in [1.82, 2.24) is 19.4 Å². The van der Waals surface area contributed by atoms with Crippen LogP contribution in [0.1, 0.15) is 44.7 Å². The third kappa shape index (κ3) is 6.44. The van der Waals surface area contributed by atoms with Crippen LogP contribution in [0.4, 0.5) is 10.1 Å². The SMILES string of the molecule is COc1ccc(CCn2cnc3cc(NC(=NC4C[C@@H]5C[C@H]([C@@H]4C)C5(C)C)N4CCN(Cc5ccccc5)CC4)ccc3c2=O)c(F)c1. The van der Waals surface area contributed by atoms with Crippen LogP contribution in [0.3, 0.4) is 0 Å². The maximum atomic E-state index is 14.5. The number of nitrogens with zero attached hydrogens (tertiary/aromatic N) is 5. The van der Waals surface area contributed by atoms with Crippen molar-refractivity contribution in [3.63, 3.8) is 0 Å². The molecule has 0 spiro atoms. The monoisotopic (exact) mass is 650 g/mol. The van der Waals surface area contributed by atoms with Gasteiger partial charge < -0.3 is 15.0 Å². The van der Waals surface area contributed by atoms with Gasteiger partial charge in [0.25, 0.3) is 5.56 Å². The van der Waals surface area contributed by atoms with E-state index in [2.05, 4.69) is 71.2 Å². The van der Waals surface area contributed by atoms with Gasteiger partial charge in [-0.2, -0.15) is 0 Å². The molecule has 1 unspecified atom stereocenters. The smallest absolute Gasteiger partial charge is 0.261 e. The maximum Gasteiger partial charge on any atom is 0.261 e. The molecule has 3 aliphatic carbocycles. The first-order valence-electron chi connectivity index (χ1n) is 17.4. The Balaban J connectivity index is 1.09. The van der Waals surface area contributed by atoms with E-state index in [1.54, 1.807) is 23.0 Å². The molecule has 0 amide bonds. The lowest BCUT2D eigenvalue weighted by atomic mass is 9.45. The molecule has 1 saturated heterocycles. The molecule has 4 atom stereocenters. The Morgan fingerprint density at radius 2 is 1.83 bits per heavy atom. The Hall–Kier alpha value is -4.24. The van der Waals surface area contributed by atoms with Gasteiger partial charge in [0.15, 0.2) is 5.96 Å². The number of fused-ring (bicyclic) bond motifs is 3. The van der Waals surface area contributed by atoms with E-state index in [1.165, 1.54) is 25.2 Å². The zero-order valence-electron chi connectivity index (χ0n) is 28.5. The Bertz CT molecular complexity index is 1850. The summed E-state index contributed by atoms with van der Waals surface area (Å²) in [7, 11) is 1.51. The summed E-state index contributed by atoms with van der Waals surface area (Å²) in [6.45, 7) is 12.3. The number of halogens is 1. The highest BCUT2D eigenvalue weighted by Crippen LogP contribution is 2.61. The van der Waals surface area contributed by atoms with Crippen LogP contribution in [0.2, 0.25) is 0 Å². The van der Waals surface area contributed by atoms with Gasteiger partial charge in [-0.3, -0.25) is 14.3 Å². The number of hydrogen-bond acceptors (Lipinski definition) is 5. The molecular formula is C39H47FN6O2. The number of aryl methyl sites for hydroxylation is 2. The summed E-state index contributed by atoms with van der Waals surface area (Å²) in [4.78, 5) is 28.4. The molecule has 2 heterocycles. The molecule has 8 nitrogen and oxygen atoms in total. The number of piperazine rings is 1. The van der Waals surface area contributed by atoms with E-state index in [0.717, 1.165) is 56.7 Å². The average Bonchev–Trinajstić information content (AvgIpc) is 3.09. The van der Waals surface area contributed by atoms with Crippen molar-refractivity contribution in [2.45, 2.75) is 59.2 Å². The molecule has 252 valence electrons. The molecule has 4 fully saturated rings. The van der Waals surface area contributed by atoms with Crippen LogP contribution < -0.4 is 15.6 Å². The number of anilines is 1. The number of benzene rings is 3. The minimum atomic E-state index is -0.342. The highest BCUT2D eigenvalue weighted by atomic mass is 19.1. The van der Waals surface area contributed by atoms with Crippen molar-refractivity contribution >= 4 is 22.5 Å². The van der Waals surface area contributed by atoms with Gasteiger partial charge in [0.05, 0.1) is 30.4 Å². The molecule has 1 aliphatic heterocycles. The van der Waals surface area contributed by atoms with E-state index in [0.29, 0.717) is 52.4 Å². The molecule has 48 heavy (non-hydrogen) atoms. The fourth-order valence-corrected chi connectivity index (χ4v) is 8.23. The van der Waals surface area contributed by atoms with Crippen molar-refractivity contribution in [3.8, 4) is 5.75 Å². The minimum absolute atomic E-state index is 0.137. The van der Waals surface area contributed by atoms with Gasteiger partial charge in [-0.15, -0.1) is 0 Å². The van der Waals surface area contributed by atoms with Gasteiger partial charge in [0.2, 0.25) is 0 Å². The number of rotatable bonds is 8. The molecule has 3 aromatic carbocycles. The summed E-state index contributed by atoms with van der Waals surface area (Å²) in [6, 6.07) is 21.5. The average molecular weight is 651 g/mol. The number of methoxy groups -OCH3 is 1. The number of aliphatic imine (C=N–C) groups is 1. The van der Waals surface area contributed by atoms with Crippen molar-refractivity contribution in [1.29, 1.82) is 0 Å². The van der Waals surface area contributed by atoms with Crippen molar-refractivity contribution < 1.29 is 9.13 Å². The summed E-state index contributed by atoms with van der Waals surface area (Å²) in [5.74, 6) is 3.01. The van der Waals surface area contributed by atoms with Gasteiger partial charge in [-0.05, 0) is 77.8 Å². The van der Waals surface area contributed by atoms with Gasteiger partial charge in [0, 0.05) is 51.0 Å². The fraction of sp³-hybridized carbons (Fsp3) is 0.462. The van der Waals surface area contributed by atoms with Crippen LogP contribution in [0.15, 0.2) is 82.8 Å². The number of hydrogen-bond donors (Lipinski definition) is 1. The lowest BCUT2D eigenvalue weighted by molar-refractivity contribution is -0.108. The molecule has 8 rings (SSSR count). The fourth-order valence-electron chi connectivity index (χ4n) is 8.23. The van der Waals surface area contributed by atoms with Crippen LogP contribution in [0.25, 0.3) is 10.9 Å². The first-order valence-corrected chi connectivity index (χ1v) is 17.4. The molecule has 0 radical (unpaired) electrons. The summed E-state index contributed by atoms with van der Waals surface area (Å²) in [5, 5.41) is 4.21. The first kappa shape index (κ1) is 32.3. The minimum Gasteiger partial charge on any atom is -0.497 e. The van der Waals surface area contributed by atoms with E-state index >= 15 is 0 Å². The maximum absolute atomic E-state index is 14.5. The van der Waals surface area contributed by atoms with Crippen LogP contribution in [0, 0.1) is 29.0 Å². The zero-order valence-corrected chi connectivity index (χ0v) is 28.5. The second-order valence-electron chi connectivity index (χ2n) is 14.5. The van der Waals surface area contributed by atoms with Crippen LogP contribution in [-0.4, -0.2) is 64.6 Å². The van der Waals surface area contributed by atoms with Crippen molar-refractivity contribution in [2.24, 2.45) is 28.2 Å². The largest absolute Gasteiger partial charge is 0.497 e. The van der Waals surface area contributed by atoms with Crippen LogP contribution in [0.5, 0.6) is 5.75 Å². The molecule has 1 aromatic heterocycles. The van der Waals surface area contributed by atoms with Crippen LogP contribution in [-0.2, 0) is 19.5 Å². The topological polar surface area (TPSA) is 75.0 Å². The Morgan fingerprint density at radius 3 is 2.54 bits per heavy atom. The normalized spacial score (nSPS) is 23.9. The lowest BCUT2D eigenvalue weighted by Crippen LogP contribution is -2.57. The number of nitrogens with one attached hydrogen (secondary N) is 1. The molecule has 4 aromatic rings. The van der Waals surface area contributed by atoms with Gasteiger partial charge >= 0.3 is 0 Å². The highest BCUT2D eigenvalue weighted by molar-refractivity contribution is 5.96. The molecule has 1 N–H and O–H groups in total. The second-order valence-corrected chi connectivity index (χ2v) is 14.5. The molecular weight excluding hydrogens is 603 g/mol. The van der Waals surface area contributed by atoms with E-state index in [1.807, 2.05) is 18.2 Å². The number of guanidine groups is 1. The van der Waals surface area contributed by atoms with Crippen LogP contribution >= 0.6 is 0 Å². The Morgan fingerprint density at radius 1 is 1.04 bits per heavy atom. The quantitative estimate of drug-likeness (QED) is 0.175. The number of aromatic nitrogens is 2. The summed E-state index contributed by atoms with van der Waals surface area (Å²) < 4.78 is 21.2. The Kier molecular flexibility index (Phi) is 8.98. The molecule has 4 aliphatic rings. The van der Waals surface area contributed by atoms with Crippen molar-refractivity contribution in [3.05, 3.63) is 100 Å². The van der Waals surface area contributed by atoms with Gasteiger partial charge in [0.1, 0.15) is 11.6 Å². The summed E-state index contributed by atoms with van der Waals surface area (Å²) >= 11 is 0. The van der Waals surface area contributed by atoms with Crippen molar-refractivity contribution in [2.75, 3.05) is 38.6 Å². The molecule has 3 saturated carbocycles. The van der Waals surface area contributed by atoms with E-state index in [-0.39, 0.29) is 17.4 Å². The zero-order chi connectivity index (χ0) is 33.4. The predicted molar refractivity (Wildman–Crippen MR) is 190 cm³/mol. The van der Waals surface area contributed by atoms with E-state index in [4.69, 9.17) is 9.73 Å². The first-order chi connectivity index (χ1) is 23.2. The van der Waals surface area contributed by atoms with Gasteiger partial charge in [-0.25, -0.2) is 14.4 Å². The third-order valence-corrected chi connectivity index (χ3v) is 11.5. The molecule has 2 bridgehead atoms. The number of ether oxygens (including phenoxy) is 1. The van der Waals surface area contributed by atoms with Gasteiger partial charge in [-0.1, -0.05) is 57.2 Å². The van der Waals surface area contributed by atoms with E-state index in [9.17, 15) is 9.18 Å². The lowest BCUT2D eigenvalue weighted by Gasteiger charge is -2.61. The molecule has 9 heteroatoms. The standard InChI is InChI=1S/C39H47FN6O2/c1-26-33-20-29(39(33,2)3)21-35(26)43-38(45-18-16-44(17-19-45)24-27-8-6-5-7-9-27)42-30-11-13-32-36(22-30)41-25-46(37(32)47)15-14-28-10-12-31(48-4)23-34(28)40/h5-13,22-23,25-26,29,33,35H,14-21,24H2,1-4H3,(H,42,43)/t26-,29-,33+,35?/m0/s1. The predicted octanol–water partition coefficient (Wildman–Crippen LogP) is 6.44. The highest BCUT2D eigenvalue weighted by Gasteiger charge is 2.56.